The van der Waals surface area contributed by atoms with Gasteiger partial charge >= 0.3 is 0 Å². The fraction of sp³-hybridized carbons (Fsp3) is 0.476. The van der Waals surface area contributed by atoms with Gasteiger partial charge in [0.1, 0.15) is 24.1 Å². The van der Waals surface area contributed by atoms with Crippen molar-refractivity contribution in [3.8, 4) is 5.75 Å². The largest absolute Gasteiger partial charge is 0.462 e. The number of carbonyl (C=O) groups is 1. The molecule has 5 atom stereocenters. The van der Waals surface area contributed by atoms with Gasteiger partial charge in [-0.15, -0.1) is 0 Å². The van der Waals surface area contributed by atoms with Crippen molar-refractivity contribution in [2.75, 3.05) is 11.5 Å². The maximum Gasteiger partial charge on any atom is 0.229 e. The molecule has 6 N–H and O–H groups in total. The molecule has 0 saturated carbocycles. The van der Waals surface area contributed by atoms with Crippen molar-refractivity contribution in [1.29, 1.82) is 0 Å². The summed E-state index contributed by atoms with van der Waals surface area (Å²) in [7, 11) is -2.17. The Kier molecular flexibility index (Phi) is 7.82. The van der Waals surface area contributed by atoms with E-state index in [0.717, 1.165) is 10.8 Å². The van der Waals surface area contributed by atoms with Crippen LogP contribution in [0.1, 0.15) is 20.3 Å². The van der Waals surface area contributed by atoms with Gasteiger partial charge in [0.25, 0.3) is 0 Å². The van der Waals surface area contributed by atoms with Crippen molar-refractivity contribution in [3.63, 3.8) is 0 Å². The van der Waals surface area contributed by atoms with Gasteiger partial charge in [-0.05, 0) is 41.5 Å². The summed E-state index contributed by atoms with van der Waals surface area (Å²) in [5.41, 5.74) is 0.679. The topological polar surface area (TPSA) is 149 Å². The molecule has 1 aliphatic heterocycles. The maximum atomic E-state index is 11.9. The highest BCUT2D eigenvalue weighted by Gasteiger charge is 2.44. The van der Waals surface area contributed by atoms with Crippen molar-refractivity contribution in [2.24, 2.45) is 5.92 Å². The molecule has 1 fully saturated rings. The van der Waals surface area contributed by atoms with E-state index in [1.807, 2.05) is 26.0 Å². The molecule has 0 radical (unpaired) electrons. The number of ether oxygens (including phenoxy) is 2. The summed E-state index contributed by atoms with van der Waals surface area (Å²) in [4.78, 5) is 30.1. The SMILES string of the molecule is CC(C)C(=O)Nc1ccc2cc(O[C@H]3OC(CCP(O)O)[C@@H](O)C(O)C3O)ccc2c1. The third kappa shape index (κ3) is 5.90. The first kappa shape index (κ1) is 23.8. The molecule has 1 amide bonds. The van der Waals surface area contributed by atoms with Crippen LogP contribution in [-0.2, 0) is 9.53 Å². The highest BCUT2D eigenvalue weighted by molar-refractivity contribution is 7.45. The van der Waals surface area contributed by atoms with Crippen molar-refractivity contribution in [1.82, 2.24) is 0 Å². The van der Waals surface area contributed by atoms with Crippen LogP contribution in [0, 0.1) is 5.92 Å². The summed E-state index contributed by atoms with van der Waals surface area (Å²) in [5.74, 6) is 0.172. The van der Waals surface area contributed by atoms with Crippen LogP contribution in [0.25, 0.3) is 10.8 Å². The molecule has 0 bridgehead atoms. The molecule has 3 rings (SSSR count). The van der Waals surface area contributed by atoms with Crippen LogP contribution in [0.5, 0.6) is 5.75 Å². The summed E-state index contributed by atoms with van der Waals surface area (Å²) < 4.78 is 11.3. The van der Waals surface area contributed by atoms with Gasteiger partial charge in [0.15, 0.2) is 8.38 Å². The smallest absolute Gasteiger partial charge is 0.229 e. The van der Waals surface area contributed by atoms with Crippen LogP contribution in [0.3, 0.4) is 0 Å². The van der Waals surface area contributed by atoms with E-state index >= 15 is 0 Å². The molecule has 1 aliphatic rings. The Morgan fingerprint density at radius 3 is 2.42 bits per heavy atom. The summed E-state index contributed by atoms with van der Waals surface area (Å²) in [6.07, 6.45) is -6.43. The lowest BCUT2D eigenvalue weighted by atomic mass is 9.97. The number of anilines is 1. The second kappa shape index (κ2) is 10.2. The van der Waals surface area contributed by atoms with Crippen molar-refractivity contribution < 1.29 is 39.4 Å². The minimum Gasteiger partial charge on any atom is -0.462 e. The van der Waals surface area contributed by atoms with Gasteiger partial charge in [0, 0.05) is 17.8 Å². The molecule has 0 aliphatic carbocycles. The van der Waals surface area contributed by atoms with Crippen LogP contribution in [0.4, 0.5) is 5.69 Å². The summed E-state index contributed by atoms with van der Waals surface area (Å²) in [5, 5.41) is 35.0. The number of carbonyl (C=O) groups excluding carboxylic acids is 1. The Morgan fingerprint density at radius 2 is 1.74 bits per heavy atom. The third-order valence-electron chi connectivity index (χ3n) is 5.14. The Labute approximate surface area is 181 Å². The molecule has 0 aromatic heterocycles. The molecular weight excluding hydrogens is 425 g/mol. The van der Waals surface area contributed by atoms with E-state index in [4.69, 9.17) is 19.3 Å². The number of benzene rings is 2. The van der Waals surface area contributed by atoms with Gasteiger partial charge in [-0.25, -0.2) is 0 Å². The quantitative estimate of drug-likeness (QED) is 0.344. The minimum atomic E-state index is -2.17. The van der Waals surface area contributed by atoms with Gasteiger partial charge < -0.3 is 39.9 Å². The number of rotatable bonds is 7. The normalized spacial score (nSPS) is 26.4. The standard InChI is InChI=1S/C21H28NO8P/c1-11(2)20(26)22-14-5-3-13-10-15(6-4-12(13)9-14)29-21-19(25)18(24)17(23)16(30-21)7-8-31(27)28/h3-6,9-11,16-19,21,23-25,27-28H,7-8H2,1-2H3,(H,22,26)/t16?,17-,18?,19?,21+/m1/s1. The summed E-state index contributed by atoms with van der Waals surface area (Å²) in [6.45, 7) is 3.63. The van der Waals surface area contributed by atoms with Crippen LogP contribution >= 0.6 is 8.38 Å². The van der Waals surface area contributed by atoms with Gasteiger partial charge in [-0.1, -0.05) is 26.0 Å². The highest BCUT2D eigenvalue weighted by Crippen LogP contribution is 2.31. The zero-order chi connectivity index (χ0) is 22.7. The van der Waals surface area contributed by atoms with Gasteiger partial charge in [0.2, 0.25) is 12.2 Å². The first-order valence-corrected chi connectivity index (χ1v) is 11.4. The van der Waals surface area contributed by atoms with Crippen molar-refractivity contribution in [2.45, 2.75) is 51.0 Å². The molecule has 2 aromatic carbocycles. The van der Waals surface area contributed by atoms with Crippen LogP contribution < -0.4 is 10.1 Å². The number of fused-ring (bicyclic) bond motifs is 1. The number of amides is 1. The Bertz CT molecular complexity index is 908. The first-order valence-electron chi connectivity index (χ1n) is 10.0. The molecule has 9 nitrogen and oxygen atoms in total. The highest BCUT2D eigenvalue weighted by atomic mass is 31.2. The second-order valence-corrected chi connectivity index (χ2v) is 9.08. The molecule has 1 saturated heterocycles. The monoisotopic (exact) mass is 453 g/mol. The lowest BCUT2D eigenvalue weighted by Gasteiger charge is -2.40. The number of aliphatic hydroxyl groups excluding tert-OH is 3. The van der Waals surface area contributed by atoms with Gasteiger partial charge in [-0.3, -0.25) is 4.79 Å². The number of hydrogen-bond donors (Lipinski definition) is 6. The van der Waals surface area contributed by atoms with Crippen LogP contribution in [0.2, 0.25) is 0 Å². The van der Waals surface area contributed by atoms with Crippen molar-refractivity contribution in [3.05, 3.63) is 36.4 Å². The summed E-state index contributed by atoms with van der Waals surface area (Å²) >= 11 is 0. The minimum absolute atomic E-state index is 0.00174. The van der Waals surface area contributed by atoms with Crippen LogP contribution in [-0.4, -0.2) is 67.9 Å². The molecule has 0 spiro atoms. The lowest BCUT2D eigenvalue weighted by molar-refractivity contribution is -0.272. The van der Waals surface area contributed by atoms with Crippen LogP contribution in [0.15, 0.2) is 36.4 Å². The molecular formula is C21H28NO8P. The molecule has 170 valence electrons. The van der Waals surface area contributed by atoms with E-state index in [2.05, 4.69) is 5.32 Å². The average Bonchev–Trinajstić information content (AvgIpc) is 2.73. The van der Waals surface area contributed by atoms with E-state index in [0.29, 0.717) is 11.4 Å². The van der Waals surface area contributed by atoms with E-state index in [-0.39, 0.29) is 24.4 Å². The number of hydrogen-bond acceptors (Lipinski definition) is 8. The summed E-state index contributed by atoms with van der Waals surface area (Å²) in [6, 6.07) is 10.6. The molecule has 31 heavy (non-hydrogen) atoms. The molecule has 10 heteroatoms. The Balaban J connectivity index is 1.73. The first-order chi connectivity index (χ1) is 14.7. The van der Waals surface area contributed by atoms with E-state index in [1.165, 1.54) is 0 Å². The van der Waals surface area contributed by atoms with E-state index in [1.54, 1.807) is 24.3 Å². The predicted octanol–water partition coefficient (Wildman–Crippen LogP) is 1.31. The molecule has 2 aromatic rings. The van der Waals surface area contributed by atoms with Gasteiger partial charge in [0.05, 0.1) is 6.10 Å². The third-order valence-corrected chi connectivity index (χ3v) is 5.80. The second-order valence-electron chi connectivity index (χ2n) is 7.88. The zero-order valence-electron chi connectivity index (χ0n) is 17.3. The van der Waals surface area contributed by atoms with Gasteiger partial charge in [-0.2, -0.15) is 0 Å². The average molecular weight is 453 g/mol. The van der Waals surface area contributed by atoms with E-state index < -0.39 is 39.1 Å². The zero-order valence-corrected chi connectivity index (χ0v) is 18.1. The molecule has 3 unspecified atom stereocenters. The number of nitrogens with one attached hydrogen (secondary N) is 1. The lowest BCUT2D eigenvalue weighted by Crippen LogP contribution is -2.59. The van der Waals surface area contributed by atoms with Crippen molar-refractivity contribution >= 4 is 30.7 Å². The Morgan fingerprint density at radius 1 is 1.06 bits per heavy atom. The Hall–Kier alpha value is -1.84. The maximum absolute atomic E-state index is 11.9. The molecule has 1 heterocycles. The fourth-order valence-electron chi connectivity index (χ4n) is 3.29. The van der Waals surface area contributed by atoms with E-state index in [9.17, 15) is 20.1 Å². The number of aliphatic hydroxyl groups is 3. The fourth-order valence-corrected chi connectivity index (χ4v) is 3.78. The predicted molar refractivity (Wildman–Crippen MR) is 116 cm³/mol.